The Bertz CT molecular complexity index is 1290. The Hall–Kier alpha value is -3.50. The van der Waals surface area contributed by atoms with Gasteiger partial charge in [0.05, 0.1) is 34.7 Å². The first-order valence-electron chi connectivity index (χ1n) is 12.0. The molecule has 11 heteroatoms. The Kier molecular flexibility index (Phi) is 10.6. The largest absolute Gasteiger partial charge is 0.490 e. The number of anilines is 1. The van der Waals surface area contributed by atoms with E-state index in [0.29, 0.717) is 51.9 Å². The number of halogens is 1. The minimum atomic E-state index is -0.493. The molecular weight excluding hydrogens is 528 g/mol. The zero-order chi connectivity index (χ0) is 27.7. The minimum Gasteiger partial charge on any atom is -0.490 e. The van der Waals surface area contributed by atoms with Crippen LogP contribution in [0.25, 0.3) is 0 Å². The summed E-state index contributed by atoms with van der Waals surface area (Å²) in [5.74, 6) is 1.07. The van der Waals surface area contributed by atoms with Crippen LogP contribution >= 0.6 is 23.4 Å². The van der Waals surface area contributed by atoms with Gasteiger partial charge in [0.15, 0.2) is 22.5 Å². The van der Waals surface area contributed by atoms with E-state index in [1.165, 1.54) is 17.8 Å². The number of hydrogen-bond acceptors (Lipinski definition) is 8. The molecule has 1 N–H and O–H groups in total. The molecule has 0 radical (unpaired) electrons. The molecule has 38 heavy (non-hydrogen) atoms. The van der Waals surface area contributed by atoms with Crippen LogP contribution in [0.15, 0.2) is 54.2 Å². The van der Waals surface area contributed by atoms with E-state index in [1.54, 1.807) is 32.1 Å². The summed E-state index contributed by atoms with van der Waals surface area (Å²) < 4.78 is 18.7. The van der Waals surface area contributed by atoms with Crippen LogP contribution in [-0.2, 0) is 22.7 Å². The molecule has 0 unspecified atom stereocenters. The molecule has 0 aliphatic carbocycles. The number of rotatable bonds is 13. The van der Waals surface area contributed by atoms with E-state index < -0.39 is 5.97 Å². The van der Waals surface area contributed by atoms with Gasteiger partial charge in [-0.05, 0) is 63.6 Å². The molecule has 1 heterocycles. The normalized spacial score (nSPS) is 10.8. The van der Waals surface area contributed by atoms with Crippen LogP contribution in [-0.4, -0.2) is 45.1 Å². The summed E-state index contributed by atoms with van der Waals surface area (Å²) in [6, 6.07) is 10.3. The van der Waals surface area contributed by atoms with Gasteiger partial charge in [0.2, 0.25) is 5.91 Å². The molecule has 1 amide bonds. The molecule has 0 spiro atoms. The van der Waals surface area contributed by atoms with Crippen molar-refractivity contribution in [2.24, 2.45) is 0 Å². The molecule has 3 aromatic rings. The van der Waals surface area contributed by atoms with E-state index in [2.05, 4.69) is 22.1 Å². The highest BCUT2D eigenvalue weighted by molar-refractivity contribution is 7.99. The Morgan fingerprint density at radius 2 is 1.95 bits per heavy atom. The molecule has 0 aliphatic heterocycles. The summed E-state index contributed by atoms with van der Waals surface area (Å²) in [6.07, 6.45) is 1.45. The molecule has 0 fully saturated rings. The van der Waals surface area contributed by atoms with Gasteiger partial charge in [0.1, 0.15) is 6.61 Å². The molecule has 0 aliphatic rings. The van der Waals surface area contributed by atoms with Gasteiger partial charge in [-0.1, -0.05) is 35.5 Å². The monoisotopic (exact) mass is 558 g/mol. The fourth-order valence-electron chi connectivity index (χ4n) is 3.34. The third kappa shape index (κ3) is 8.00. The van der Waals surface area contributed by atoms with Crippen LogP contribution in [0.2, 0.25) is 5.02 Å². The predicted molar refractivity (Wildman–Crippen MR) is 148 cm³/mol. The van der Waals surface area contributed by atoms with Gasteiger partial charge in [0, 0.05) is 6.54 Å². The maximum Gasteiger partial charge on any atom is 0.338 e. The van der Waals surface area contributed by atoms with Crippen LogP contribution in [0.1, 0.15) is 42.5 Å². The standard InChI is InChI=1S/C27H31ClN4O5S/c1-6-12-32-24(15-36-22-11-8-18(5)13-23(22)35-7-2)30-31-27(32)38-16-25(33)29-21-14-19(9-10-20(21)28)26(34)37-17(3)4/h6,8-11,13-14,17H,1,7,12,15-16H2,2-5H3,(H,29,33). The Morgan fingerprint density at radius 1 is 1.16 bits per heavy atom. The van der Waals surface area contributed by atoms with Crippen LogP contribution in [0.3, 0.4) is 0 Å². The molecule has 202 valence electrons. The van der Waals surface area contributed by atoms with Gasteiger partial charge in [-0.3, -0.25) is 9.36 Å². The number of hydrogen-bond donors (Lipinski definition) is 1. The van der Waals surface area contributed by atoms with Gasteiger partial charge >= 0.3 is 5.97 Å². The number of aromatic nitrogens is 3. The molecule has 0 saturated carbocycles. The first-order valence-corrected chi connectivity index (χ1v) is 13.4. The Labute approximate surface area is 231 Å². The highest BCUT2D eigenvalue weighted by Crippen LogP contribution is 2.29. The van der Waals surface area contributed by atoms with Crippen molar-refractivity contribution in [1.29, 1.82) is 0 Å². The number of allylic oxidation sites excluding steroid dienone is 1. The molecule has 9 nitrogen and oxygen atoms in total. The molecule has 0 bridgehead atoms. The highest BCUT2D eigenvalue weighted by atomic mass is 35.5. The minimum absolute atomic E-state index is 0.0413. The summed E-state index contributed by atoms with van der Waals surface area (Å²) in [4.78, 5) is 24.9. The van der Waals surface area contributed by atoms with E-state index >= 15 is 0 Å². The number of amides is 1. The van der Waals surface area contributed by atoms with E-state index in [4.69, 9.17) is 25.8 Å². The van der Waals surface area contributed by atoms with Crippen LogP contribution in [0.4, 0.5) is 5.69 Å². The maximum atomic E-state index is 12.7. The Balaban J connectivity index is 1.66. The van der Waals surface area contributed by atoms with E-state index in [9.17, 15) is 9.59 Å². The second-order valence-electron chi connectivity index (χ2n) is 8.46. The first-order chi connectivity index (χ1) is 18.2. The highest BCUT2D eigenvalue weighted by Gasteiger charge is 2.17. The third-order valence-electron chi connectivity index (χ3n) is 5.01. The van der Waals surface area contributed by atoms with Gasteiger partial charge < -0.3 is 19.5 Å². The zero-order valence-corrected chi connectivity index (χ0v) is 23.4. The quantitative estimate of drug-likeness (QED) is 0.162. The third-order valence-corrected chi connectivity index (χ3v) is 6.31. The summed E-state index contributed by atoms with van der Waals surface area (Å²) in [5, 5.41) is 12.1. The number of esters is 1. The van der Waals surface area contributed by atoms with Gasteiger partial charge in [0.25, 0.3) is 0 Å². The molecular formula is C27H31ClN4O5S. The van der Waals surface area contributed by atoms with Gasteiger partial charge in [-0.2, -0.15) is 0 Å². The predicted octanol–water partition coefficient (Wildman–Crippen LogP) is 5.70. The van der Waals surface area contributed by atoms with Crippen LogP contribution in [0.5, 0.6) is 11.5 Å². The lowest BCUT2D eigenvalue weighted by molar-refractivity contribution is -0.113. The van der Waals surface area contributed by atoms with Crippen molar-refractivity contribution in [3.63, 3.8) is 0 Å². The van der Waals surface area contributed by atoms with E-state index in [0.717, 1.165) is 5.56 Å². The summed E-state index contributed by atoms with van der Waals surface area (Å²) in [6.45, 7) is 12.3. The van der Waals surface area contributed by atoms with Crippen molar-refractivity contribution in [3.05, 3.63) is 71.0 Å². The number of benzene rings is 2. The van der Waals surface area contributed by atoms with Crippen molar-refractivity contribution in [1.82, 2.24) is 14.8 Å². The topological polar surface area (TPSA) is 105 Å². The summed E-state index contributed by atoms with van der Waals surface area (Å²) in [5.41, 5.74) is 1.68. The number of carbonyl (C=O) groups is 2. The number of ether oxygens (including phenoxy) is 3. The van der Waals surface area contributed by atoms with Gasteiger partial charge in [-0.15, -0.1) is 16.8 Å². The maximum absolute atomic E-state index is 12.7. The van der Waals surface area contributed by atoms with Crippen LogP contribution in [0, 0.1) is 6.92 Å². The molecule has 3 rings (SSSR count). The van der Waals surface area contributed by atoms with Crippen molar-refractivity contribution in [3.8, 4) is 11.5 Å². The number of aryl methyl sites for hydroxylation is 1. The lowest BCUT2D eigenvalue weighted by atomic mass is 10.2. The average Bonchev–Trinajstić information content (AvgIpc) is 3.25. The number of thioether (sulfide) groups is 1. The average molecular weight is 559 g/mol. The molecule has 1 aromatic heterocycles. The lowest BCUT2D eigenvalue weighted by Crippen LogP contribution is -2.16. The molecule has 2 aromatic carbocycles. The molecule has 0 atom stereocenters. The number of carbonyl (C=O) groups excluding carboxylic acids is 2. The van der Waals surface area contributed by atoms with Crippen molar-refractivity contribution in [2.75, 3.05) is 17.7 Å². The van der Waals surface area contributed by atoms with Gasteiger partial charge in [-0.25, -0.2) is 4.79 Å². The fourth-order valence-corrected chi connectivity index (χ4v) is 4.27. The smallest absolute Gasteiger partial charge is 0.338 e. The number of nitrogens with one attached hydrogen (secondary N) is 1. The second-order valence-corrected chi connectivity index (χ2v) is 9.81. The van der Waals surface area contributed by atoms with Crippen LogP contribution < -0.4 is 14.8 Å². The lowest BCUT2D eigenvalue weighted by Gasteiger charge is -2.13. The SMILES string of the molecule is C=CCn1c(COc2ccc(C)cc2OCC)nnc1SCC(=O)Nc1cc(C(=O)OC(C)C)ccc1Cl. The number of nitrogens with zero attached hydrogens (tertiary/aromatic N) is 3. The fraction of sp³-hybridized carbons (Fsp3) is 0.333. The zero-order valence-electron chi connectivity index (χ0n) is 21.8. The summed E-state index contributed by atoms with van der Waals surface area (Å²) in [7, 11) is 0. The first kappa shape index (κ1) is 29.1. The van der Waals surface area contributed by atoms with Crippen molar-refractivity contribution < 1.29 is 23.8 Å². The summed E-state index contributed by atoms with van der Waals surface area (Å²) >= 11 is 7.44. The van der Waals surface area contributed by atoms with Crippen molar-refractivity contribution >= 4 is 40.9 Å². The van der Waals surface area contributed by atoms with E-state index in [-0.39, 0.29) is 24.4 Å². The van der Waals surface area contributed by atoms with E-state index in [1.807, 2.05) is 36.6 Å². The van der Waals surface area contributed by atoms with Crippen molar-refractivity contribution in [2.45, 2.75) is 52.1 Å². The second kappa shape index (κ2) is 13.9. The Morgan fingerprint density at radius 3 is 2.66 bits per heavy atom. The molecule has 0 saturated heterocycles.